The Hall–Kier alpha value is -1.43. The van der Waals surface area contributed by atoms with E-state index in [2.05, 4.69) is 11.9 Å². The third-order valence-electron chi connectivity index (χ3n) is 4.12. The zero-order valence-corrected chi connectivity index (χ0v) is 15.3. The summed E-state index contributed by atoms with van der Waals surface area (Å²) in [7, 11) is 0. The van der Waals surface area contributed by atoms with Crippen LogP contribution in [-0.2, 0) is 12.7 Å². The molecule has 0 fully saturated rings. The van der Waals surface area contributed by atoms with E-state index in [1.165, 1.54) is 31.4 Å². The molecule has 0 spiro atoms. The van der Waals surface area contributed by atoms with Crippen LogP contribution in [0.25, 0.3) is 0 Å². The van der Waals surface area contributed by atoms with Crippen molar-refractivity contribution < 1.29 is 13.2 Å². The van der Waals surface area contributed by atoms with Crippen LogP contribution >= 0.6 is 11.8 Å². The highest BCUT2D eigenvalue weighted by atomic mass is 32.2. The van der Waals surface area contributed by atoms with Gasteiger partial charge in [0.15, 0.2) is 0 Å². The maximum atomic E-state index is 13.4. The van der Waals surface area contributed by atoms with Gasteiger partial charge < -0.3 is 4.57 Å². The van der Waals surface area contributed by atoms with Gasteiger partial charge in [-0.2, -0.15) is 24.9 Å². The van der Waals surface area contributed by atoms with E-state index in [0.29, 0.717) is 12.1 Å². The lowest BCUT2D eigenvalue weighted by Gasteiger charge is -2.22. The number of alkyl halides is 3. The molecule has 0 saturated heterocycles. The third kappa shape index (κ3) is 6.42. The van der Waals surface area contributed by atoms with Crippen molar-refractivity contribution in [2.45, 2.75) is 57.0 Å². The van der Waals surface area contributed by atoms with Crippen LogP contribution in [0.2, 0.25) is 0 Å². The molecule has 0 aliphatic carbocycles. The Morgan fingerprint density at radius 1 is 1.12 bits per heavy atom. The number of halogens is 3. The van der Waals surface area contributed by atoms with E-state index in [9.17, 15) is 13.2 Å². The topological polar surface area (TPSA) is 17.8 Å². The van der Waals surface area contributed by atoms with Gasteiger partial charge in [-0.15, -0.1) is 0 Å². The van der Waals surface area contributed by atoms with Crippen molar-refractivity contribution in [1.29, 1.82) is 0 Å². The monoisotopic (exact) mass is 370 g/mol. The number of aromatic nitrogens is 2. The van der Waals surface area contributed by atoms with Gasteiger partial charge in [-0.3, -0.25) is 0 Å². The van der Waals surface area contributed by atoms with Gasteiger partial charge in [0.05, 0.1) is 11.9 Å². The fraction of sp³-hybridized carbons (Fsp3) is 0.526. The average molecular weight is 370 g/mol. The molecule has 2 nitrogen and oxygen atoms in total. The molecule has 138 valence electrons. The molecule has 6 heteroatoms. The highest BCUT2D eigenvalue weighted by Gasteiger charge is 2.35. The SMILES string of the molecule is CCCCCCCSC(Cn1ccnc1)c1ccccc1C(F)(F)F. The van der Waals surface area contributed by atoms with Gasteiger partial charge in [-0.25, -0.2) is 4.98 Å². The fourth-order valence-corrected chi connectivity index (χ4v) is 4.11. The molecule has 0 bridgehead atoms. The highest BCUT2D eigenvalue weighted by molar-refractivity contribution is 7.99. The minimum Gasteiger partial charge on any atom is -0.336 e. The van der Waals surface area contributed by atoms with Crippen molar-refractivity contribution in [2.24, 2.45) is 0 Å². The van der Waals surface area contributed by atoms with Gasteiger partial charge >= 0.3 is 6.18 Å². The van der Waals surface area contributed by atoms with E-state index >= 15 is 0 Å². The predicted molar refractivity (Wildman–Crippen MR) is 97.6 cm³/mol. The maximum absolute atomic E-state index is 13.4. The average Bonchev–Trinajstić information content (AvgIpc) is 3.09. The molecular weight excluding hydrogens is 345 g/mol. The molecule has 0 radical (unpaired) electrons. The minimum absolute atomic E-state index is 0.238. The summed E-state index contributed by atoms with van der Waals surface area (Å²) in [6.45, 7) is 2.66. The number of benzene rings is 1. The zero-order chi connectivity index (χ0) is 18.1. The Kier molecular flexibility index (Phi) is 7.88. The number of unbranched alkanes of at least 4 members (excludes halogenated alkanes) is 4. The van der Waals surface area contributed by atoms with Gasteiger partial charge in [-0.05, 0) is 23.8 Å². The molecule has 25 heavy (non-hydrogen) atoms. The number of hydrogen-bond donors (Lipinski definition) is 0. The molecule has 1 heterocycles. The number of nitrogens with zero attached hydrogens (tertiary/aromatic N) is 2. The molecular formula is C19H25F3N2S. The largest absolute Gasteiger partial charge is 0.416 e. The third-order valence-corrected chi connectivity index (χ3v) is 5.45. The first-order valence-electron chi connectivity index (χ1n) is 8.76. The Morgan fingerprint density at radius 2 is 1.88 bits per heavy atom. The van der Waals surface area contributed by atoms with Crippen molar-refractivity contribution >= 4 is 11.8 Å². The van der Waals surface area contributed by atoms with Gasteiger partial charge in [0.2, 0.25) is 0 Å². The number of hydrogen-bond acceptors (Lipinski definition) is 2. The van der Waals surface area contributed by atoms with Crippen LogP contribution in [0.5, 0.6) is 0 Å². The maximum Gasteiger partial charge on any atom is 0.416 e. The normalized spacial score (nSPS) is 13.1. The minimum atomic E-state index is -4.33. The van der Waals surface area contributed by atoms with Crippen molar-refractivity contribution in [3.63, 3.8) is 0 Å². The van der Waals surface area contributed by atoms with E-state index in [1.54, 1.807) is 42.6 Å². The van der Waals surface area contributed by atoms with E-state index in [0.717, 1.165) is 18.6 Å². The van der Waals surface area contributed by atoms with Crippen LogP contribution in [0.4, 0.5) is 13.2 Å². The summed E-state index contributed by atoms with van der Waals surface area (Å²) in [6.07, 6.45) is 6.57. The molecule has 1 unspecified atom stereocenters. The Balaban J connectivity index is 2.09. The summed E-state index contributed by atoms with van der Waals surface area (Å²) in [6, 6.07) is 5.93. The lowest BCUT2D eigenvalue weighted by Crippen LogP contribution is -2.14. The first-order chi connectivity index (χ1) is 12.0. The molecule has 2 aromatic rings. The van der Waals surface area contributed by atoms with Gasteiger partial charge in [0.1, 0.15) is 0 Å². The van der Waals surface area contributed by atoms with Crippen molar-refractivity contribution in [3.8, 4) is 0 Å². The second-order valence-corrected chi connectivity index (χ2v) is 7.43. The quantitative estimate of drug-likeness (QED) is 0.454. The second-order valence-electron chi connectivity index (χ2n) is 6.12. The first kappa shape index (κ1) is 19.9. The summed E-state index contributed by atoms with van der Waals surface area (Å²) in [5.74, 6) is 0.870. The van der Waals surface area contributed by atoms with E-state index in [-0.39, 0.29) is 5.25 Å². The summed E-state index contributed by atoms with van der Waals surface area (Å²) >= 11 is 1.61. The van der Waals surface area contributed by atoms with Gasteiger partial charge in [0.25, 0.3) is 0 Å². The van der Waals surface area contributed by atoms with Crippen LogP contribution in [0.15, 0.2) is 43.0 Å². The molecule has 0 amide bonds. The summed E-state index contributed by atoms with van der Waals surface area (Å²) in [4.78, 5) is 4.00. The van der Waals surface area contributed by atoms with Crippen LogP contribution in [0, 0.1) is 0 Å². The van der Waals surface area contributed by atoms with Gasteiger partial charge in [-0.1, -0.05) is 50.8 Å². The predicted octanol–water partition coefficient (Wildman–Crippen LogP) is 6.35. The first-order valence-corrected chi connectivity index (χ1v) is 9.80. The van der Waals surface area contributed by atoms with Crippen molar-refractivity contribution in [1.82, 2.24) is 9.55 Å². The molecule has 1 atom stereocenters. The van der Waals surface area contributed by atoms with Gasteiger partial charge in [0, 0.05) is 24.2 Å². The number of imidazole rings is 1. The smallest absolute Gasteiger partial charge is 0.336 e. The molecule has 0 N–H and O–H groups in total. The molecule has 2 rings (SSSR count). The van der Waals surface area contributed by atoms with Crippen LogP contribution in [0.1, 0.15) is 55.4 Å². The fourth-order valence-electron chi connectivity index (χ4n) is 2.79. The van der Waals surface area contributed by atoms with Crippen LogP contribution < -0.4 is 0 Å². The molecule has 1 aromatic heterocycles. The Bertz CT molecular complexity index is 611. The standard InChI is InChI=1S/C19H25F3N2S/c1-2-3-4-5-8-13-25-18(14-24-12-11-23-15-24)16-9-6-7-10-17(16)19(20,21)22/h6-7,9-12,15,18H,2-5,8,13-14H2,1H3. The molecule has 0 saturated carbocycles. The zero-order valence-electron chi connectivity index (χ0n) is 14.5. The molecule has 1 aromatic carbocycles. The van der Waals surface area contributed by atoms with Crippen molar-refractivity contribution in [3.05, 3.63) is 54.1 Å². The van der Waals surface area contributed by atoms with Crippen molar-refractivity contribution in [2.75, 3.05) is 5.75 Å². The Morgan fingerprint density at radius 3 is 2.56 bits per heavy atom. The summed E-state index contributed by atoms with van der Waals surface area (Å²) < 4.78 is 42.0. The van der Waals surface area contributed by atoms with E-state index in [1.807, 2.05) is 4.57 Å². The lowest BCUT2D eigenvalue weighted by molar-refractivity contribution is -0.138. The lowest BCUT2D eigenvalue weighted by atomic mass is 10.0. The van der Waals surface area contributed by atoms with E-state index < -0.39 is 11.7 Å². The summed E-state index contributed by atoms with van der Waals surface area (Å²) in [5, 5.41) is -0.238. The molecule has 0 aliphatic rings. The number of thioether (sulfide) groups is 1. The molecule has 0 aliphatic heterocycles. The van der Waals surface area contributed by atoms with Crippen LogP contribution in [0.3, 0.4) is 0 Å². The summed E-state index contributed by atoms with van der Waals surface area (Å²) in [5.41, 5.74) is -0.166. The second kappa shape index (κ2) is 9.90. The number of rotatable bonds is 10. The Labute approximate surface area is 151 Å². The highest BCUT2D eigenvalue weighted by Crippen LogP contribution is 2.40. The van der Waals surface area contributed by atoms with Crippen LogP contribution in [-0.4, -0.2) is 15.3 Å². The van der Waals surface area contributed by atoms with E-state index in [4.69, 9.17) is 0 Å².